The maximum atomic E-state index is 12.8. The van der Waals surface area contributed by atoms with Crippen LogP contribution in [0.1, 0.15) is 27.0 Å². The average Bonchev–Trinajstić information content (AvgIpc) is 2.70. The standard InChI is InChI=1S/C23H25N3O3/c1-14-8-15(2)22(16(3)9-14)26-23(27)17-10-19(13-24-12-17)25-18-6-7-20(28-4)21(11-18)29-5/h6-13,25H,1-5H3,(H,26,27). The molecule has 1 aromatic heterocycles. The van der Waals surface area contributed by atoms with Gasteiger partial charge in [-0.25, -0.2) is 0 Å². The molecule has 0 spiro atoms. The maximum absolute atomic E-state index is 12.8. The van der Waals surface area contributed by atoms with Crippen molar-refractivity contribution < 1.29 is 14.3 Å². The minimum atomic E-state index is -0.205. The fourth-order valence-electron chi connectivity index (χ4n) is 3.28. The molecule has 2 N–H and O–H groups in total. The molecule has 6 nitrogen and oxygen atoms in total. The minimum Gasteiger partial charge on any atom is -0.493 e. The van der Waals surface area contributed by atoms with E-state index in [0.717, 1.165) is 22.5 Å². The van der Waals surface area contributed by atoms with Crippen LogP contribution in [0.5, 0.6) is 11.5 Å². The summed E-state index contributed by atoms with van der Waals surface area (Å²) in [6.07, 6.45) is 3.21. The number of benzene rings is 2. The molecule has 3 aromatic rings. The lowest BCUT2D eigenvalue weighted by molar-refractivity contribution is 0.102. The first kappa shape index (κ1) is 20.2. The fraction of sp³-hybridized carbons (Fsp3) is 0.217. The number of aromatic nitrogens is 1. The number of anilines is 3. The van der Waals surface area contributed by atoms with Crippen molar-refractivity contribution in [1.82, 2.24) is 4.98 Å². The lowest BCUT2D eigenvalue weighted by atomic mass is 10.0. The van der Waals surface area contributed by atoms with E-state index in [1.165, 1.54) is 5.56 Å². The smallest absolute Gasteiger partial charge is 0.257 e. The molecular weight excluding hydrogens is 366 g/mol. The van der Waals surface area contributed by atoms with E-state index >= 15 is 0 Å². The number of aryl methyl sites for hydroxylation is 3. The topological polar surface area (TPSA) is 72.5 Å². The van der Waals surface area contributed by atoms with Gasteiger partial charge >= 0.3 is 0 Å². The molecular formula is C23H25N3O3. The quantitative estimate of drug-likeness (QED) is 0.617. The molecule has 6 heteroatoms. The molecule has 0 aliphatic carbocycles. The molecule has 0 aliphatic heterocycles. The highest BCUT2D eigenvalue weighted by Gasteiger charge is 2.12. The van der Waals surface area contributed by atoms with Gasteiger partial charge in [0.15, 0.2) is 11.5 Å². The van der Waals surface area contributed by atoms with Crippen LogP contribution in [0.4, 0.5) is 17.1 Å². The van der Waals surface area contributed by atoms with Gasteiger partial charge < -0.3 is 20.1 Å². The number of nitrogens with one attached hydrogen (secondary N) is 2. The first-order valence-electron chi connectivity index (χ1n) is 9.24. The van der Waals surface area contributed by atoms with Gasteiger partial charge in [-0.3, -0.25) is 9.78 Å². The maximum Gasteiger partial charge on any atom is 0.257 e. The van der Waals surface area contributed by atoms with Gasteiger partial charge in [-0.15, -0.1) is 0 Å². The molecule has 2 aromatic carbocycles. The van der Waals surface area contributed by atoms with Gasteiger partial charge in [0.1, 0.15) is 0 Å². The Labute approximate surface area is 170 Å². The highest BCUT2D eigenvalue weighted by Crippen LogP contribution is 2.31. The molecule has 29 heavy (non-hydrogen) atoms. The molecule has 0 aliphatic rings. The zero-order chi connectivity index (χ0) is 21.0. The number of hydrogen-bond donors (Lipinski definition) is 2. The van der Waals surface area contributed by atoms with Crippen LogP contribution in [0, 0.1) is 20.8 Å². The Balaban J connectivity index is 1.80. The second-order valence-electron chi connectivity index (χ2n) is 6.88. The van der Waals surface area contributed by atoms with E-state index in [4.69, 9.17) is 9.47 Å². The second-order valence-corrected chi connectivity index (χ2v) is 6.88. The summed E-state index contributed by atoms with van der Waals surface area (Å²) >= 11 is 0. The largest absolute Gasteiger partial charge is 0.493 e. The van der Waals surface area contributed by atoms with Crippen LogP contribution in [0.3, 0.4) is 0 Å². The molecule has 0 bridgehead atoms. The van der Waals surface area contributed by atoms with Crippen LogP contribution in [0.25, 0.3) is 0 Å². The summed E-state index contributed by atoms with van der Waals surface area (Å²) < 4.78 is 10.6. The first-order chi connectivity index (χ1) is 13.9. The number of carbonyl (C=O) groups excluding carboxylic acids is 1. The van der Waals surface area contributed by atoms with E-state index < -0.39 is 0 Å². The Hall–Kier alpha value is -3.54. The van der Waals surface area contributed by atoms with Crippen molar-refractivity contribution in [3.8, 4) is 11.5 Å². The van der Waals surface area contributed by atoms with Gasteiger partial charge in [-0.05, 0) is 50.1 Å². The predicted octanol–water partition coefficient (Wildman–Crippen LogP) is 5.02. The van der Waals surface area contributed by atoms with Crippen LogP contribution in [-0.4, -0.2) is 25.1 Å². The number of methoxy groups -OCH3 is 2. The number of amides is 1. The number of carbonyl (C=O) groups is 1. The number of nitrogens with zero attached hydrogens (tertiary/aromatic N) is 1. The van der Waals surface area contributed by atoms with Crippen LogP contribution in [0.2, 0.25) is 0 Å². The minimum absolute atomic E-state index is 0.205. The predicted molar refractivity (Wildman–Crippen MR) is 116 cm³/mol. The zero-order valence-corrected chi connectivity index (χ0v) is 17.3. The molecule has 0 saturated carbocycles. The van der Waals surface area contributed by atoms with Crippen LogP contribution >= 0.6 is 0 Å². The Kier molecular flexibility index (Phi) is 6.02. The van der Waals surface area contributed by atoms with Crippen molar-refractivity contribution in [2.45, 2.75) is 20.8 Å². The van der Waals surface area contributed by atoms with Crippen molar-refractivity contribution >= 4 is 23.0 Å². The van der Waals surface area contributed by atoms with E-state index in [2.05, 4.69) is 27.8 Å². The van der Waals surface area contributed by atoms with Crippen molar-refractivity contribution in [3.63, 3.8) is 0 Å². The number of rotatable bonds is 6. The van der Waals surface area contributed by atoms with Gasteiger partial charge in [0.2, 0.25) is 0 Å². The van der Waals surface area contributed by atoms with Gasteiger partial charge in [-0.1, -0.05) is 17.7 Å². The molecule has 0 radical (unpaired) electrons. The molecule has 150 valence electrons. The number of hydrogen-bond acceptors (Lipinski definition) is 5. The lowest BCUT2D eigenvalue weighted by Gasteiger charge is -2.14. The van der Waals surface area contributed by atoms with E-state index in [9.17, 15) is 4.79 Å². The summed E-state index contributed by atoms with van der Waals surface area (Å²) in [5.74, 6) is 1.06. The van der Waals surface area contributed by atoms with E-state index in [1.54, 1.807) is 32.7 Å². The summed E-state index contributed by atoms with van der Waals surface area (Å²) in [5.41, 5.74) is 6.02. The summed E-state index contributed by atoms with van der Waals surface area (Å²) in [5, 5.41) is 6.24. The summed E-state index contributed by atoms with van der Waals surface area (Å²) in [4.78, 5) is 17.0. The van der Waals surface area contributed by atoms with Gasteiger partial charge in [-0.2, -0.15) is 0 Å². The van der Waals surface area contributed by atoms with Gasteiger partial charge in [0.25, 0.3) is 5.91 Å². The first-order valence-corrected chi connectivity index (χ1v) is 9.24. The van der Waals surface area contributed by atoms with Crippen molar-refractivity contribution in [1.29, 1.82) is 0 Å². The van der Waals surface area contributed by atoms with E-state index in [-0.39, 0.29) is 5.91 Å². The third-order valence-electron chi connectivity index (χ3n) is 4.59. The summed E-state index contributed by atoms with van der Waals surface area (Å²) in [7, 11) is 3.18. The van der Waals surface area contributed by atoms with Gasteiger partial charge in [0, 0.05) is 23.6 Å². The van der Waals surface area contributed by atoms with Crippen LogP contribution < -0.4 is 20.1 Å². The molecule has 0 unspecified atom stereocenters. The van der Waals surface area contributed by atoms with Crippen molar-refractivity contribution in [3.05, 3.63) is 71.0 Å². The Morgan fingerprint density at radius 2 is 1.55 bits per heavy atom. The lowest BCUT2D eigenvalue weighted by Crippen LogP contribution is -2.14. The second kappa shape index (κ2) is 8.65. The Morgan fingerprint density at radius 1 is 0.862 bits per heavy atom. The zero-order valence-electron chi connectivity index (χ0n) is 17.3. The SMILES string of the molecule is COc1ccc(Nc2cncc(C(=O)Nc3c(C)cc(C)cc3C)c2)cc1OC. The summed E-state index contributed by atoms with van der Waals surface area (Å²) in [6, 6.07) is 11.4. The molecule has 0 atom stereocenters. The molecule has 3 rings (SSSR count). The Bertz CT molecular complexity index is 1020. The molecule has 0 fully saturated rings. The highest BCUT2D eigenvalue weighted by molar-refractivity contribution is 6.05. The average molecular weight is 391 g/mol. The molecule has 0 saturated heterocycles. The Morgan fingerprint density at radius 3 is 2.21 bits per heavy atom. The summed E-state index contributed by atoms with van der Waals surface area (Å²) in [6.45, 7) is 6.02. The van der Waals surface area contributed by atoms with Gasteiger partial charge in [0.05, 0.1) is 31.7 Å². The molecule has 1 amide bonds. The fourth-order valence-corrected chi connectivity index (χ4v) is 3.28. The van der Waals surface area contributed by atoms with Crippen LogP contribution in [-0.2, 0) is 0 Å². The monoisotopic (exact) mass is 391 g/mol. The van der Waals surface area contributed by atoms with Crippen molar-refractivity contribution in [2.75, 3.05) is 24.9 Å². The molecule has 1 heterocycles. The number of pyridine rings is 1. The van der Waals surface area contributed by atoms with E-state index in [1.807, 2.05) is 39.0 Å². The normalized spacial score (nSPS) is 10.4. The van der Waals surface area contributed by atoms with E-state index in [0.29, 0.717) is 22.7 Å². The third kappa shape index (κ3) is 4.66. The third-order valence-corrected chi connectivity index (χ3v) is 4.59. The van der Waals surface area contributed by atoms with Crippen molar-refractivity contribution in [2.24, 2.45) is 0 Å². The highest BCUT2D eigenvalue weighted by atomic mass is 16.5. The van der Waals surface area contributed by atoms with Crippen LogP contribution in [0.15, 0.2) is 48.8 Å². The number of ether oxygens (including phenoxy) is 2.